The summed E-state index contributed by atoms with van der Waals surface area (Å²) in [5.41, 5.74) is 7.54. The van der Waals surface area contributed by atoms with Gasteiger partial charge in [0.2, 0.25) is 0 Å². The summed E-state index contributed by atoms with van der Waals surface area (Å²) >= 11 is 0. The van der Waals surface area contributed by atoms with Gasteiger partial charge in [0.25, 0.3) is 0 Å². The molecule has 1 rings (SSSR count). The van der Waals surface area contributed by atoms with E-state index < -0.39 is 0 Å². The minimum Gasteiger partial charge on any atom is -0.366 e. The maximum Gasteiger partial charge on any atom is 0.145 e. The minimum absolute atomic E-state index is 0.311. The highest BCUT2D eigenvalue weighted by Crippen LogP contribution is 2.10. The van der Waals surface area contributed by atoms with Gasteiger partial charge in [0.1, 0.15) is 5.82 Å². The normalized spacial score (nSPS) is 14.7. The highest BCUT2D eigenvalue weighted by molar-refractivity contribution is 5.34. The first-order valence-corrected chi connectivity index (χ1v) is 5.31. The van der Waals surface area contributed by atoms with Crippen molar-refractivity contribution >= 4 is 5.82 Å². The third kappa shape index (κ3) is 3.16. The first kappa shape index (κ1) is 11.9. The van der Waals surface area contributed by atoms with Crippen molar-refractivity contribution < 1.29 is 0 Å². The largest absolute Gasteiger partial charge is 0.366 e. The summed E-state index contributed by atoms with van der Waals surface area (Å²) in [6.07, 6.45) is 1.77. The van der Waals surface area contributed by atoms with Gasteiger partial charge in [0.15, 0.2) is 0 Å². The molecular formula is C11H20N4. The van der Waals surface area contributed by atoms with Gasteiger partial charge < -0.3 is 11.1 Å². The van der Waals surface area contributed by atoms with Crippen LogP contribution in [-0.2, 0) is 0 Å². The molecule has 1 heterocycles. The maximum atomic E-state index is 5.60. The van der Waals surface area contributed by atoms with E-state index in [4.69, 9.17) is 5.73 Å². The third-order valence-electron chi connectivity index (χ3n) is 2.79. The lowest BCUT2D eigenvalue weighted by molar-refractivity contribution is 0.520. The quantitative estimate of drug-likeness (QED) is 0.787. The van der Waals surface area contributed by atoms with Gasteiger partial charge in [-0.05, 0) is 33.2 Å². The van der Waals surface area contributed by atoms with Crippen molar-refractivity contribution in [1.29, 1.82) is 0 Å². The van der Waals surface area contributed by atoms with Crippen LogP contribution >= 0.6 is 0 Å². The summed E-state index contributed by atoms with van der Waals surface area (Å²) in [5, 5.41) is 3.31. The zero-order valence-corrected chi connectivity index (χ0v) is 9.91. The van der Waals surface area contributed by atoms with Crippen LogP contribution in [0.3, 0.4) is 0 Å². The number of nitrogens with one attached hydrogen (secondary N) is 1. The summed E-state index contributed by atoms with van der Waals surface area (Å²) in [4.78, 5) is 8.68. The molecular weight excluding hydrogens is 188 g/mol. The van der Waals surface area contributed by atoms with Crippen molar-refractivity contribution in [3.63, 3.8) is 0 Å². The average Bonchev–Trinajstić information content (AvgIpc) is 2.22. The molecule has 1 aromatic rings. The molecule has 4 heteroatoms. The third-order valence-corrected chi connectivity index (χ3v) is 2.79. The van der Waals surface area contributed by atoms with Crippen LogP contribution in [0.25, 0.3) is 0 Å². The fourth-order valence-corrected chi connectivity index (χ4v) is 1.19. The molecule has 0 aliphatic heterocycles. The minimum atomic E-state index is 0.311. The van der Waals surface area contributed by atoms with Gasteiger partial charge in [-0.2, -0.15) is 0 Å². The van der Waals surface area contributed by atoms with Crippen LogP contribution in [-0.4, -0.2) is 22.6 Å². The lowest BCUT2D eigenvalue weighted by Crippen LogP contribution is -2.29. The molecule has 0 aromatic carbocycles. The van der Waals surface area contributed by atoms with E-state index in [1.54, 1.807) is 6.20 Å². The van der Waals surface area contributed by atoms with Crippen LogP contribution in [0, 0.1) is 19.8 Å². The summed E-state index contributed by atoms with van der Waals surface area (Å²) in [6, 6.07) is 0.311. The van der Waals surface area contributed by atoms with Crippen molar-refractivity contribution in [3.8, 4) is 0 Å². The second-order valence-electron chi connectivity index (χ2n) is 4.07. The van der Waals surface area contributed by atoms with Crippen LogP contribution in [0.4, 0.5) is 5.82 Å². The van der Waals surface area contributed by atoms with Gasteiger partial charge in [-0.15, -0.1) is 0 Å². The monoisotopic (exact) mass is 208 g/mol. The molecule has 4 nitrogen and oxygen atoms in total. The Hall–Kier alpha value is -1.16. The Morgan fingerprint density at radius 2 is 2.00 bits per heavy atom. The van der Waals surface area contributed by atoms with Crippen molar-refractivity contribution in [3.05, 3.63) is 17.6 Å². The number of aryl methyl sites for hydroxylation is 2. The lowest BCUT2D eigenvalue weighted by atomic mass is 10.0. The van der Waals surface area contributed by atoms with Crippen molar-refractivity contribution in [2.45, 2.75) is 33.7 Å². The second kappa shape index (κ2) is 5.07. The molecule has 3 N–H and O–H groups in total. The summed E-state index contributed by atoms with van der Waals surface area (Å²) in [6.45, 7) is 8.82. The Morgan fingerprint density at radius 3 is 2.53 bits per heavy atom. The molecule has 0 radical (unpaired) electrons. The molecule has 0 saturated carbocycles. The van der Waals surface area contributed by atoms with Crippen molar-refractivity contribution in [2.24, 2.45) is 11.7 Å². The van der Waals surface area contributed by atoms with Crippen molar-refractivity contribution in [2.75, 3.05) is 11.9 Å². The number of anilines is 1. The van der Waals surface area contributed by atoms with Crippen LogP contribution in [0.2, 0.25) is 0 Å². The molecule has 0 bridgehead atoms. The lowest BCUT2D eigenvalue weighted by Gasteiger charge is -2.20. The molecule has 0 spiro atoms. The fourth-order valence-electron chi connectivity index (χ4n) is 1.19. The van der Waals surface area contributed by atoms with E-state index in [2.05, 4.69) is 29.1 Å². The Morgan fingerprint density at radius 1 is 1.33 bits per heavy atom. The van der Waals surface area contributed by atoms with E-state index in [0.717, 1.165) is 17.2 Å². The van der Waals surface area contributed by atoms with Gasteiger partial charge in [-0.1, -0.05) is 6.92 Å². The number of hydrogen-bond donors (Lipinski definition) is 2. The van der Waals surface area contributed by atoms with E-state index in [0.29, 0.717) is 18.5 Å². The van der Waals surface area contributed by atoms with E-state index in [9.17, 15) is 0 Å². The molecule has 2 unspecified atom stereocenters. The molecule has 0 aliphatic rings. The van der Waals surface area contributed by atoms with Crippen LogP contribution in [0.5, 0.6) is 0 Å². The second-order valence-corrected chi connectivity index (χ2v) is 4.07. The van der Waals surface area contributed by atoms with Crippen LogP contribution in [0.1, 0.15) is 25.2 Å². The Kier molecular flexibility index (Phi) is 4.03. The smallest absolute Gasteiger partial charge is 0.145 e. The Labute approximate surface area is 91.3 Å². The van der Waals surface area contributed by atoms with E-state index in [1.165, 1.54) is 0 Å². The first-order chi connectivity index (χ1) is 7.04. The van der Waals surface area contributed by atoms with Gasteiger partial charge in [0.05, 0.1) is 17.6 Å². The molecule has 15 heavy (non-hydrogen) atoms. The van der Waals surface area contributed by atoms with Gasteiger partial charge in [0, 0.05) is 6.04 Å². The van der Waals surface area contributed by atoms with Gasteiger partial charge in [-0.3, -0.25) is 4.98 Å². The van der Waals surface area contributed by atoms with Crippen LogP contribution < -0.4 is 11.1 Å². The molecule has 2 atom stereocenters. The maximum absolute atomic E-state index is 5.60. The molecule has 0 saturated heterocycles. The number of nitrogens with zero attached hydrogens (tertiary/aromatic N) is 2. The van der Waals surface area contributed by atoms with Gasteiger partial charge in [-0.25, -0.2) is 4.98 Å². The molecule has 1 aromatic heterocycles. The predicted octanol–water partition coefficient (Wildman–Crippen LogP) is 1.49. The average molecular weight is 208 g/mol. The molecule has 0 fully saturated rings. The van der Waals surface area contributed by atoms with Gasteiger partial charge >= 0.3 is 0 Å². The van der Waals surface area contributed by atoms with E-state index >= 15 is 0 Å². The summed E-state index contributed by atoms with van der Waals surface area (Å²) < 4.78 is 0. The number of aromatic nitrogens is 2. The number of nitrogens with two attached hydrogens (primary N) is 1. The fraction of sp³-hybridized carbons (Fsp3) is 0.636. The predicted molar refractivity (Wildman–Crippen MR) is 62.8 cm³/mol. The standard InChI is InChI=1S/C11H20N4/c1-7(5-12)8(2)14-11-6-13-9(3)10(4)15-11/h6-8H,5,12H2,1-4H3,(H,14,15). The molecule has 0 aliphatic carbocycles. The molecule has 0 amide bonds. The molecule has 84 valence electrons. The van der Waals surface area contributed by atoms with E-state index in [1.807, 2.05) is 13.8 Å². The Balaban J connectivity index is 2.68. The highest BCUT2D eigenvalue weighted by atomic mass is 15.0. The summed E-state index contributed by atoms with van der Waals surface area (Å²) in [5.74, 6) is 1.25. The zero-order chi connectivity index (χ0) is 11.4. The van der Waals surface area contributed by atoms with E-state index in [-0.39, 0.29) is 0 Å². The van der Waals surface area contributed by atoms with Crippen molar-refractivity contribution in [1.82, 2.24) is 9.97 Å². The first-order valence-electron chi connectivity index (χ1n) is 5.31. The summed E-state index contributed by atoms with van der Waals surface area (Å²) in [7, 11) is 0. The Bertz CT molecular complexity index is 324. The zero-order valence-electron chi connectivity index (χ0n) is 9.91. The number of rotatable bonds is 4. The van der Waals surface area contributed by atoms with Crippen LogP contribution in [0.15, 0.2) is 6.20 Å². The number of hydrogen-bond acceptors (Lipinski definition) is 4. The SMILES string of the molecule is Cc1ncc(NC(C)C(C)CN)nc1C. The topological polar surface area (TPSA) is 63.8 Å². The highest BCUT2D eigenvalue weighted by Gasteiger charge is 2.10.